The summed E-state index contributed by atoms with van der Waals surface area (Å²) in [7, 11) is 0. The van der Waals surface area contributed by atoms with Gasteiger partial charge in [-0.2, -0.15) is 0 Å². The van der Waals surface area contributed by atoms with E-state index in [9.17, 15) is 4.79 Å². The van der Waals surface area contributed by atoms with Gasteiger partial charge in [-0.25, -0.2) is 0 Å². The summed E-state index contributed by atoms with van der Waals surface area (Å²) < 4.78 is 6.17. The van der Waals surface area contributed by atoms with Crippen LogP contribution < -0.4 is 4.74 Å². The monoisotopic (exact) mass is 324 g/mol. The molecular weight excluding hydrogens is 314 g/mol. The molecule has 0 spiro atoms. The minimum absolute atomic E-state index is 0.00508. The van der Waals surface area contributed by atoms with Crippen LogP contribution in [0.5, 0.6) is 5.75 Å². The summed E-state index contributed by atoms with van der Waals surface area (Å²) in [6, 6.07) is 3.42. The molecule has 0 radical (unpaired) electrons. The number of hydrogen-bond donors (Lipinski definition) is 0. The Kier molecular flexibility index (Phi) is 4.19. The lowest BCUT2D eigenvalue weighted by molar-refractivity contribution is 0.101. The van der Waals surface area contributed by atoms with E-state index in [0.717, 1.165) is 3.57 Å². The molecule has 0 N–H and O–H groups in total. The van der Waals surface area contributed by atoms with Crippen LogP contribution in [-0.4, -0.2) is 12.4 Å². The summed E-state index contributed by atoms with van der Waals surface area (Å²) in [5, 5.41) is 0.586. The van der Waals surface area contributed by atoms with E-state index in [0.29, 0.717) is 22.9 Å². The highest BCUT2D eigenvalue weighted by atomic mass is 127. The molecule has 2 nitrogen and oxygen atoms in total. The van der Waals surface area contributed by atoms with E-state index in [-0.39, 0.29) is 5.78 Å². The molecule has 4 heteroatoms. The normalized spacial score (nSPS) is 10.0. The van der Waals surface area contributed by atoms with Crippen LogP contribution >= 0.6 is 34.2 Å². The fourth-order valence-corrected chi connectivity index (χ4v) is 2.53. The van der Waals surface area contributed by atoms with E-state index in [4.69, 9.17) is 16.3 Å². The summed E-state index contributed by atoms with van der Waals surface area (Å²) in [5.74, 6) is 0.561. The van der Waals surface area contributed by atoms with Crippen LogP contribution in [0.2, 0.25) is 5.02 Å². The zero-order valence-corrected chi connectivity index (χ0v) is 10.8. The van der Waals surface area contributed by atoms with Gasteiger partial charge in [-0.05, 0) is 48.6 Å². The molecule has 14 heavy (non-hydrogen) atoms. The highest BCUT2D eigenvalue weighted by molar-refractivity contribution is 14.1. The molecular formula is C10H10ClIO2. The Morgan fingerprint density at radius 2 is 2.21 bits per heavy atom. The smallest absolute Gasteiger partial charge is 0.164 e. The molecule has 1 rings (SSSR count). The summed E-state index contributed by atoms with van der Waals surface area (Å²) >= 11 is 7.95. The average Bonchev–Trinajstić information content (AvgIpc) is 2.01. The van der Waals surface area contributed by atoms with E-state index in [1.165, 1.54) is 6.92 Å². The third-order valence-electron chi connectivity index (χ3n) is 1.67. The number of rotatable bonds is 3. The number of benzene rings is 1. The minimum atomic E-state index is -0.00508. The third-order valence-corrected chi connectivity index (χ3v) is 2.74. The molecule has 0 atom stereocenters. The molecule has 1 aromatic carbocycles. The van der Waals surface area contributed by atoms with Gasteiger partial charge >= 0.3 is 0 Å². The maximum absolute atomic E-state index is 11.3. The predicted molar refractivity (Wildman–Crippen MR) is 65.3 cm³/mol. The van der Waals surface area contributed by atoms with E-state index < -0.39 is 0 Å². The Balaban J connectivity index is 3.28. The first-order valence-electron chi connectivity index (χ1n) is 4.19. The fourth-order valence-electron chi connectivity index (χ4n) is 1.16. The van der Waals surface area contributed by atoms with Crippen molar-refractivity contribution in [1.29, 1.82) is 0 Å². The lowest BCUT2D eigenvalue weighted by Crippen LogP contribution is -2.03. The van der Waals surface area contributed by atoms with Crippen LogP contribution in [0.1, 0.15) is 24.2 Å². The van der Waals surface area contributed by atoms with Crippen molar-refractivity contribution in [2.45, 2.75) is 13.8 Å². The van der Waals surface area contributed by atoms with Crippen molar-refractivity contribution >= 4 is 40.0 Å². The first-order chi connectivity index (χ1) is 6.56. The van der Waals surface area contributed by atoms with Crippen molar-refractivity contribution in [2.75, 3.05) is 6.61 Å². The minimum Gasteiger partial charge on any atom is -0.493 e. The lowest BCUT2D eigenvalue weighted by Gasteiger charge is -2.10. The van der Waals surface area contributed by atoms with Gasteiger partial charge in [0, 0.05) is 8.59 Å². The molecule has 0 saturated carbocycles. The Labute approximate surface area is 102 Å². The summed E-state index contributed by atoms with van der Waals surface area (Å²) in [4.78, 5) is 11.3. The number of halogens is 2. The number of ether oxygens (including phenoxy) is 1. The van der Waals surface area contributed by atoms with Gasteiger partial charge in [0.05, 0.1) is 12.2 Å². The van der Waals surface area contributed by atoms with Crippen LogP contribution in [0.4, 0.5) is 0 Å². The largest absolute Gasteiger partial charge is 0.493 e. The van der Waals surface area contributed by atoms with Crippen LogP contribution in [0, 0.1) is 3.57 Å². The highest BCUT2D eigenvalue weighted by Crippen LogP contribution is 2.29. The molecule has 0 bridgehead atoms. The zero-order chi connectivity index (χ0) is 10.7. The van der Waals surface area contributed by atoms with Gasteiger partial charge in [0.2, 0.25) is 0 Å². The van der Waals surface area contributed by atoms with Gasteiger partial charge in [-0.1, -0.05) is 11.6 Å². The number of ketones is 1. The maximum Gasteiger partial charge on any atom is 0.164 e. The second-order valence-corrected chi connectivity index (χ2v) is 4.35. The van der Waals surface area contributed by atoms with Crippen molar-refractivity contribution in [3.05, 3.63) is 26.3 Å². The van der Waals surface area contributed by atoms with Gasteiger partial charge in [-0.15, -0.1) is 0 Å². The summed E-state index contributed by atoms with van der Waals surface area (Å²) in [6.45, 7) is 3.92. The van der Waals surface area contributed by atoms with E-state index in [2.05, 4.69) is 22.6 Å². The number of hydrogen-bond acceptors (Lipinski definition) is 2. The number of Topliss-reactive ketones (excluding diaryl/α,β-unsaturated/α-hetero) is 1. The first kappa shape index (κ1) is 11.8. The predicted octanol–water partition coefficient (Wildman–Crippen LogP) is 3.55. The van der Waals surface area contributed by atoms with Crippen LogP contribution in [0.25, 0.3) is 0 Å². The maximum atomic E-state index is 11.3. The van der Waals surface area contributed by atoms with Gasteiger partial charge in [-0.3, -0.25) is 4.79 Å². The average molecular weight is 325 g/mol. The van der Waals surface area contributed by atoms with Crippen molar-refractivity contribution in [3.63, 3.8) is 0 Å². The lowest BCUT2D eigenvalue weighted by atomic mass is 10.1. The van der Waals surface area contributed by atoms with Crippen molar-refractivity contribution in [3.8, 4) is 5.75 Å². The number of carbonyl (C=O) groups is 1. The third kappa shape index (κ3) is 2.60. The molecule has 76 valence electrons. The molecule has 0 aliphatic carbocycles. The van der Waals surface area contributed by atoms with Crippen LogP contribution in [0.15, 0.2) is 12.1 Å². The Morgan fingerprint density at radius 3 is 2.71 bits per heavy atom. The first-order valence-corrected chi connectivity index (χ1v) is 5.64. The van der Waals surface area contributed by atoms with Crippen LogP contribution in [-0.2, 0) is 0 Å². The van der Waals surface area contributed by atoms with E-state index in [1.54, 1.807) is 12.1 Å². The number of carbonyl (C=O) groups excluding carboxylic acids is 1. The Morgan fingerprint density at radius 1 is 1.57 bits per heavy atom. The van der Waals surface area contributed by atoms with Gasteiger partial charge in [0.25, 0.3) is 0 Å². The van der Waals surface area contributed by atoms with Gasteiger partial charge < -0.3 is 4.74 Å². The van der Waals surface area contributed by atoms with Gasteiger partial charge in [0.15, 0.2) is 5.78 Å². The van der Waals surface area contributed by atoms with Crippen molar-refractivity contribution < 1.29 is 9.53 Å². The summed E-state index contributed by atoms with van der Waals surface area (Å²) in [5.41, 5.74) is 0.608. The molecule has 0 heterocycles. The molecule has 0 fully saturated rings. The van der Waals surface area contributed by atoms with E-state index >= 15 is 0 Å². The second kappa shape index (κ2) is 4.98. The van der Waals surface area contributed by atoms with Gasteiger partial charge in [0.1, 0.15) is 5.75 Å². The Bertz CT molecular complexity index is 363. The molecule has 0 saturated heterocycles. The SMILES string of the molecule is CCOc1cc(Cl)cc(I)c1C(C)=O. The molecule has 1 aromatic rings. The topological polar surface area (TPSA) is 26.3 Å². The zero-order valence-electron chi connectivity index (χ0n) is 7.93. The van der Waals surface area contributed by atoms with E-state index in [1.807, 2.05) is 6.92 Å². The van der Waals surface area contributed by atoms with Crippen molar-refractivity contribution in [2.24, 2.45) is 0 Å². The molecule has 0 aliphatic heterocycles. The van der Waals surface area contributed by atoms with Crippen molar-refractivity contribution in [1.82, 2.24) is 0 Å². The Hall–Kier alpha value is -0.290. The second-order valence-electron chi connectivity index (χ2n) is 2.75. The molecule has 0 unspecified atom stereocenters. The van der Waals surface area contributed by atoms with Crippen LogP contribution in [0.3, 0.4) is 0 Å². The summed E-state index contributed by atoms with van der Waals surface area (Å²) in [6.07, 6.45) is 0. The molecule has 0 aliphatic rings. The highest BCUT2D eigenvalue weighted by Gasteiger charge is 2.13. The standard InChI is InChI=1S/C10H10ClIO2/c1-3-14-9-5-7(11)4-8(12)10(9)6(2)13/h4-5H,3H2,1-2H3. The quantitative estimate of drug-likeness (QED) is 0.628. The fraction of sp³-hybridized carbons (Fsp3) is 0.300. The molecule has 0 amide bonds. The molecule has 0 aromatic heterocycles.